The maximum atomic E-state index is 11.0. The predicted octanol–water partition coefficient (Wildman–Crippen LogP) is 5.26. The molecule has 0 saturated carbocycles. The first-order chi connectivity index (χ1) is 12.3. The number of nitrogens with zero attached hydrogens (tertiary/aromatic N) is 2. The summed E-state index contributed by atoms with van der Waals surface area (Å²) in [6, 6.07) is 11.2. The van der Waals surface area contributed by atoms with Gasteiger partial charge in [-0.25, -0.2) is 4.79 Å². The molecule has 1 aromatic carbocycles. The van der Waals surface area contributed by atoms with Gasteiger partial charge in [-0.1, -0.05) is 26.0 Å². The van der Waals surface area contributed by atoms with Crippen molar-refractivity contribution in [3.05, 3.63) is 53.2 Å². The zero-order valence-corrected chi connectivity index (χ0v) is 15.9. The van der Waals surface area contributed by atoms with Crippen LogP contribution in [-0.2, 0) is 0 Å². The Bertz CT molecular complexity index is 931. The lowest BCUT2D eigenvalue weighted by atomic mass is 10.0. The molecular weight excluding hydrogens is 326 g/mol. The molecule has 0 aliphatic rings. The molecule has 0 aliphatic heterocycles. The van der Waals surface area contributed by atoms with Gasteiger partial charge < -0.3 is 10.1 Å². The number of rotatable bonds is 5. The monoisotopic (exact) mass is 351 g/mol. The van der Waals surface area contributed by atoms with E-state index in [1.165, 1.54) is 11.3 Å². The number of carboxylic acids is 1. The second-order valence-electron chi connectivity index (χ2n) is 7.22. The third-order valence-corrected chi connectivity index (χ3v) is 4.61. The average molecular weight is 351 g/mol. The van der Waals surface area contributed by atoms with Crippen LogP contribution in [0.3, 0.4) is 0 Å². The molecule has 0 atom stereocenters. The summed E-state index contributed by atoms with van der Waals surface area (Å²) in [7, 11) is 0. The fourth-order valence-corrected chi connectivity index (χ4v) is 3.37. The fourth-order valence-electron chi connectivity index (χ4n) is 3.37. The molecule has 3 aromatic rings. The first-order valence-electron chi connectivity index (χ1n) is 8.91. The number of nitrogens with one attached hydrogen (secondary N) is 1. The number of aromatic nitrogens is 3. The quantitative estimate of drug-likeness (QED) is 0.659. The van der Waals surface area contributed by atoms with Crippen molar-refractivity contribution in [1.82, 2.24) is 14.8 Å². The molecule has 0 bridgehead atoms. The van der Waals surface area contributed by atoms with E-state index in [-0.39, 0.29) is 5.56 Å². The lowest BCUT2D eigenvalue weighted by molar-refractivity contribution is 0.0697. The lowest BCUT2D eigenvalue weighted by Crippen LogP contribution is -2.09. The Labute approximate surface area is 153 Å². The molecule has 0 unspecified atom stereocenters. The molecule has 0 spiro atoms. The van der Waals surface area contributed by atoms with Crippen LogP contribution < -0.4 is 0 Å². The minimum Gasteiger partial charge on any atom is -0.478 e. The van der Waals surface area contributed by atoms with Crippen LogP contribution in [0.2, 0.25) is 0 Å². The van der Waals surface area contributed by atoms with E-state index in [4.69, 9.17) is 10.2 Å². The summed E-state index contributed by atoms with van der Waals surface area (Å²) in [5.74, 6) is -0.517. The molecule has 0 saturated heterocycles. The van der Waals surface area contributed by atoms with Crippen LogP contribution >= 0.6 is 0 Å². The Balaban J connectivity index is 2.00. The first-order valence-corrected chi connectivity index (χ1v) is 8.91. The third kappa shape index (κ3) is 3.17. The number of aromatic amines is 1. The Morgan fingerprint density at radius 2 is 1.65 bits per heavy atom. The summed E-state index contributed by atoms with van der Waals surface area (Å²) < 4.78 is 2.11. The van der Waals surface area contributed by atoms with Gasteiger partial charge in [0.1, 0.15) is 5.69 Å². The van der Waals surface area contributed by atoms with Gasteiger partial charge in [-0.15, -0.1) is 0 Å². The second kappa shape index (κ2) is 6.83. The van der Waals surface area contributed by atoms with Crippen LogP contribution in [0.5, 0.6) is 0 Å². The summed E-state index contributed by atoms with van der Waals surface area (Å²) in [6.07, 6.45) is 0. The van der Waals surface area contributed by atoms with E-state index in [1.54, 1.807) is 12.1 Å². The lowest BCUT2D eigenvalue weighted by Gasteiger charge is -2.14. The number of carbonyl (C=O) groups is 1. The van der Waals surface area contributed by atoms with Gasteiger partial charge in [0, 0.05) is 23.0 Å². The molecule has 3 rings (SSSR count). The summed E-state index contributed by atoms with van der Waals surface area (Å²) in [4.78, 5) is 14.4. The number of aromatic carboxylic acids is 1. The SMILES string of the molecule is Cc1c(-c2ccc(-c3ccc(C(=O)O)cc3)[nH]2)nn(C(C)C)c1C(C)C. The molecule has 5 nitrogen and oxygen atoms in total. The van der Waals surface area contributed by atoms with Gasteiger partial charge in [0.2, 0.25) is 0 Å². The van der Waals surface area contributed by atoms with E-state index in [2.05, 4.69) is 44.3 Å². The minimum atomic E-state index is -0.917. The Morgan fingerprint density at radius 3 is 2.15 bits per heavy atom. The van der Waals surface area contributed by atoms with Gasteiger partial charge in [0.25, 0.3) is 0 Å². The van der Waals surface area contributed by atoms with Crippen LogP contribution in [0, 0.1) is 6.92 Å². The van der Waals surface area contributed by atoms with Crippen LogP contribution in [-0.4, -0.2) is 25.8 Å². The van der Waals surface area contributed by atoms with Crippen molar-refractivity contribution in [2.24, 2.45) is 0 Å². The number of hydrogen-bond donors (Lipinski definition) is 2. The summed E-state index contributed by atoms with van der Waals surface area (Å²) >= 11 is 0. The molecule has 2 N–H and O–H groups in total. The summed E-state index contributed by atoms with van der Waals surface area (Å²) in [5.41, 5.74) is 6.58. The third-order valence-electron chi connectivity index (χ3n) is 4.61. The molecule has 2 heterocycles. The van der Waals surface area contributed by atoms with Gasteiger partial charge in [-0.2, -0.15) is 5.10 Å². The molecule has 5 heteroatoms. The second-order valence-corrected chi connectivity index (χ2v) is 7.22. The Hall–Kier alpha value is -2.82. The van der Waals surface area contributed by atoms with Crippen LogP contribution in [0.1, 0.15) is 61.3 Å². The predicted molar refractivity (Wildman–Crippen MR) is 104 cm³/mol. The van der Waals surface area contributed by atoms with E-state index in [0.29, 0.717) is 12.0 Å². The highest BCUT2D eigenvalue weighted by molar-refractivity contribution is 5.88. The van der Waals surface area contributed by atoms with Crippen LogP contribution in [0.4, 0.5) is 0 Å². The number of benzene rings is 1. The van der Waals surface area contributed by atoms with E-state index in [9.17, 15) is 4.79 Å². The maximum absolute atomic E-state index is 11.0. The van der Waals surface area contributed by atoms with Gasteiger partial charge in [0.05, 0.1) is 11.3 Å². The zero-order valence-electron chi connectivity index (χ0n) is 15.9. The highest BCUT2D eigenvalue weighted by atomic mass is 16.4. The average Bonchev–Trinajstić information content (AvgIpc) is 3.19. The van der Waals surface area contributed by atoms with E-state index < -0.39 is 5.97 Å². The van der Waals surface area contributed by atoms with Crippen molar-refractivity contribution >= 4 is 5.97 Å². The highest BCUT2D eigenvalue weighted by Crippen LogP contribution is 2.32. The van der Waals surface area contributed by atoms with Crippen molar-refractivity contribution in [2.75, 3.05) is 0 Å². The van der Waals surface area contributed by atoms with Crippen molar-refractivity contribution in [2.45, 2.75) is 46.6 Å². The Morgan fingerprint density at radius 1 is 1.04 bits per heavy atom. The molecule has 2 aromatic heterocycles. The van der Waals surface area contributed by atoms with Crippen molar-refractivity contribution in [3.63, 3.8) is 0 Å². The fraction of sp³-hybridized carbons (Fsp3) is 0.333. The number of hydrogen-bond acceptors (Lipinski definition) is 2. The van der Waals surface area contributed by atoms with Crippen LogP contribution in [0.15, 0.2) is 36.4 Å². The smallest absolute Gasteiger partial charge is 0.335 e. The van der Waals surface area contributed by atoms with E-state index in [1.807, 2.05) is 24.3 Å². The number of H-pyrrole nitrogens is 1. The molecule has 0 aliphatic carbocycles. The molecule has 0 radical (unpaired) electrons. The van der Waals surface area contributed by atoms with Crippen LogP contribution in [0.25, 0.3) is 22.6 Å². The van der Waals surface area contributed by atoms with Crippen molar-refractivity contribution < 1.29 is 9.90 Å². The maximum Gasteiger partial charge on any atom is 0.335 e. The van der Waals surface area contributed by atoms with E-state index >= 15 is 0 Å². The van der Waals surface area contributed by atoms with Gasteiger partial charge in [-0.3, -0.25) is 4.68 Å². The Kier molecular flexibility index (Phi) is 4.72. The molecule has 0 fully saturated rings. The first kappa shape index (κ1) is 18.0. The van der Waals surface area contributed by atoms with E-state index in [0.717, 1.165) is 22.6 Å². The molecular formula is C21H25N3O2. The number of carboxylic acid groups (broad SMARTS) is 1. The highest BCUT2D eigenvalue weighted by Gasteiger charge is 2.20. The van der Waals surface area contributed by atoms with Crippen molar-refractivity contribution in [1.29, 1.82) is 0 Å². The van der Waals surface area contributed by atoms with Crippen molar-refractivity contribution in [3.8, 4) is 22.6 Å². The minimum absolute atomic E-state index is 0.286. The standard InChI is InChI=1S/C21H25N3O2/c1-12(2)20-14(5)19(23-24(20)13(3)4)18-11-10-17(22-18)15-6-8-16(9-7-15)21(25)26/h6-13,22H,1-5H3,(H,25,26). The molecule has 26 heavy (non-hydrogen) atoms. The largest absolute Gasteiger partial charge is 0.478 e. The summed E-state index contributed by atoms with van der Waals surface area (Å²) in [5, 5.41) is 13.9. The molecule has 136 valence electrons. The normalized spacial score (nSPS) is 11.5. The van der Waals surface area contributed by atoms with Gasteiger partial charge in [0.15, 0.2) is 0 Å². The molecule has 0 amide bonds. The van der Waals surface area contributed by atoms with Gasteiger partial charge >= 0.3 is 5.97 Å². The summed E-state index contributed by atoms with van der Waals surface area (Å²) in [6.45, 7) is 10.8. The van der Waals surface area contributed by atoms with Gasteiger partial charge in [-0.05, 0) is 56.5 Å². The topological polar surface area (TPSA) is 70.9 Å². The zero-order chi connectivity index (χ0) is 19.0.